The minimum Gasteiger partial charge on any atom is -0.396 e. The van der Waals surface area contributed by atoms with E-state index in [0.29, 0.717) is 11.4 Å². The van der Waals surface area contributed by atoms with Crippen LogP contribution in [0.25, 0.3) is 10.2 Å². The number of hydrogen-bond donors (Lipinski definition) is 2. The number of nitrogens with zero attached hydrogens (tertiary/aromatic N) is 3. The van der Waals surface area contributed by atoms with Crippen molar-refractivity contribution in [3.8, 4) is 0 Å². The molecule has 96 valence electrons. The molecular formula is C12H11N5OS. The molecule has 2 aromatic heterocycles. The number of aryl methyl sites for hydroxylation is 1. The van der Waals surface area contributed by atoms with Crippen LogP contribution >= 0.6 is 11.3 Å². The first-order valence-corrected chi connectivity index (χ1v) is 6.45. The third-order valence-corrected chi connectivity index (χ3v) is 3.45. The molecule has 0 aliphatic rings. The van der Waals surface area contributed by atoms with E-state index >= 15 is 0 Å². The van der Waals surface area contributed by atoms with Crippen LogP contribution in [0.3, 0.4) is 0 Å². The lowest BCUT2D eigenvalue weighted by molar-refractivity contribution is 0.102. The number of amides is 1. The smallest absolute Gasteiger partial charge is 0.278 e. The van der Waals surface area contributed by atoms with Crippen molar-refractivity contribution >= 4 is 38.8 Å². The van der Waals surface area contributed by atoms with E-state index in [1.165, 1.54) is 16.0 Å². The van der Waals surface area contributed by atoms with Crippen LogP contribution in [-0.4, -0.2) is 20.7 Å². The Labute approximate surface area is 112 Å². The molecule has 2 heterocycles. The first kappa shape index (κ1) is 11.7. The quantitative estimate of drug-likeness (QED) is 0.746. The van der Waals surface area contributed by atoms with Crippen molar-refractivity contribution in [2.24, 2.45) is 7.05 Å². The highest BCUT2D eigenvalue weighted by Crippen LogP contribution is 2.22. The number of carbonyl (C=O) groups is 1. The summed E-state index contributed by atoms with van der Waals surface area (Å²) in [7, 11) is 1.72. The van der Waals surface area contributed by atoms with Crippen LogP contribution in [0.2, 0.25) is 0 Å². The van der Waals surface area contributed by atoms with Gasteiger partial charge in [0.2, 0.25) is 0 Å². The second kappa shape index (κ2) is 4.36. The van der Waals surface area contributed by atoms with Gasteiger partial charge in [-0.15, -0.1) is 11.3 Å². The molecular weight excluding hydrogens is 262 g/mol. The second-order valence-electron chi connectivity index (χ2n) is 4.10. The molecule has 3 rings (SSSR count). The van der Waals surface area contributed by atoms with Gasteiger partial charge in [-0.2, -0.15) is 5.10 Å². The normalized spacial score (nSPS) is 10.8. The molecule has 0 spiro atoms. The predicted molar refractivity (Wildman–Crippen MR) is 75.2 cm³/mol. The summed E-state index contributed by atoms with van der Waals surface area (Å²) < 4.78 is 2.53. The number of thiazole rings is 1. The number of nitrogen functional groups attached to an aromatic ring is 1. The highest BCUT2D eigenvalue weighted by Gasteiger charge is 2.14. The summed E-state index contributed by atoms with van der Waals surface area (Å²) in [6.07, 6.45) is 1.60. The van der Waals surface area contributed by atoms with Crippen LogP contribution in [0, 0.1) is 0 Å². The summed E-state index contributed by atoms with van der Waals surface area (Å²) in [6.45, 7) is 0. The standard InChI is InChI=1S/C12H11N5OS/c1-17-5-8(13)11(16-17)12(18)15-7-2-3-9-10(4-7)19-6-14-9/h2-6H,13H2,1H3,(H,15,18). The molecule has 0 saturated heterocycles. The van der Waals surface area contributed by atoms with E-state index in [2.05, 4.69) is 15.4 Å². The molecule has 19 heavy (non-hydrogen) atoms. The van der Waals surface area contributed by atoms with E-state index in [-0.39, 0.29) is 11.6 Å². The first-order chi connectivity index (χ1) is 9.13. The minimum absolute atomic E-state index is 0.229. The van der Waals surface area contributed by atoms with Crippen molar-refractivity contribution < 1.29 is 4.79 Å². The van der Waals surface area contributed by atoms with E-state index in [9.17, 15) is 4.79 Å². The lowest BCUT2D eigenvalue weighted by Crippen LogP contribution is -2.14. The van der Waals surface area contributed by atoms with Crippen LogP contribution in [0.1, 0.15) is 10.5 Å². The molecule has 0 aliphatic heterocycles. The van der Waals surface area contributed by atoms with E-state index in [0.717, 1.165) is 10.2 Å². The topological polar surface area (TPSA) is 85.8 Å². The Morgan fingerprint density at radius 2 is 2.32 bits per heavy atom. The summed E-state index contributed by atoms with van der Waals surface area (Å²) in [5, 5.41) is 6.81. The van der Waals surface area contributed by atoms with E-state index in [1.54, 1.807) is 24.8 Å². The summed E-state index contributed by atoms with van der Waals surface area (Å²) >= 11 is 1.52. The van der Waals surface area contributed by atoms with Gasteiger partial charge in [0, 0.05) is 18.9 Å². The molecule has 1 amide bonds. The van der Waals surface area contributed by atoms with Crippen LogP contribution in [0.15, 0.2) is 29.9 Å². The SMILES string of the molecule is Cn1cc(N)c(C(=O)Nc2ccc3ncsc3c2)n1. The largest absolute Gasteiger partial charge is 0.396 e. The minimum atomic E-state index is -0.318. The Hall–Kier alpha value is -2.41. The van der Waals surface area contributed by atoms with Crippen LogP contribution in [0.5, 0.6) is 0 Å². The van der Waals surface area contributed by atoms with Crippen molar-refractivity contribution in [1.82, 2.24) is 14.8 Å². The summed E-state index contributed by atoms with van der Waals surface area (Å²) in [5.41, 5.74) is 9.70. The molecule has 0 fully saturated rings. The molecule has 1 aromatic carbocycles. The fraction of sp³-hybridized carbons (Fsp3) is 0.0833. The molecule has 0 aliphatic carbocycles. The van der Waals surface area contributed by atoms with Gasteiger partial charge in [-0.25, -0.2) is 4.98 Å². The second-order valence-corrected chi connectivity index (χ2v) is 4.98. The summed E-state index contributed by atoms with van der Waals surface area (Å²) in [6, 6.07) is 5.55. The Balaban J connectivity index is 1.88. The molecule has 0 bridgehead atoms. The average molecular weight is 273 g/mol. The number of nitrogens with two attached hydrogens (primary N) is 1. The third-order valence-electron chi connectivity index (χ3n) is 2.66. The molecule has 7 heteroatoms. The molecule has 0 radical (unpaired) electrons. The third kappa shape index (κ3) is 2.15. The van der Waals surface area contributed by atoms with Crippen LogP contribution in [-0.2, 0) is 7.05 Å². The van der Waals surface area contributed by atoms with Gasteiger partial charge < -0.3 is 11.1 Å². The molecule has 0 unspecified atom stereocenters. The van der Waals surface area contributed by atoms with Gasteiger partial charge in [-0.05, 0) is 18.2 Å². The maximum atomic E-state index is 12.0. The molecule has 6 nitrogen and oxygen atoms in total. The fourth-order valence-corrected chi connectivity index (χ4v) is 2.52. The van der Waals surface area contributed by atoms with Gasteiger partial charge in [0.15, 0.2) is 5.69 Å². The van der Waals surface area contributed by atoms with E-state index in [4.69, 9.17) is 5.73 Å². The maximum absolute atomic E-state index is 12.0. The molecule has 0 atom stereocenters. The van der Waals surface area contributed by atoms with Gasteiger partial charge in [-0.1, -0.05) is 0 Å². The fourth-order valence-electron chi connectivity index (χ4n) is 1.81. The van der Waals surface area contributed by atoms with Gasteiger partial charge in [0.25, 0.3) is 5.91 Å². The van der Waals surface area contributed by atoms with Gasteiger partial charge in [0.1, 0.15) is 0 Å². The average Bonchev–Trinajstić information content (AvgIpc) is 2.94. The maximum Gasteiger partial charge on any atom is 0.278 e. The molecule has 3 N–H and O–H groups in total. The summed E-state index contributed by atoms with van der Waals surface area (Å²) in [5.74, 6) is -0.318. The van der Waals surface area contributed by atoms with Crippen LogP contribution in [0.4, 0.5) is 11.4 Å². The predicted octanol–water partition coefficient (Wildman–Crippen LogP) is 1.86. The number of nitrogens with one attached hydrogen (secondary N) is 1. The zero-order valence-electron chi connectivity index (χ0n) is 10.1. The lowest BCUT2D eigenvalue weighted by Gasteiger charge is -2.03. The zero-order chi connectivity index (χ0) is 13.4. The molecule has 3 aromatic rings. The lowest BCUT2D eigenvalue weighted by atomic mass is 10.3. The Bertz CT molecular complexity index is 760. The number of fused-ring (bicyclic) bond motifs is 1. The van der Waals surface area contributed by atoms with Crippen molar-refractivity contribution in [2.75, 3.05) is 11.1 Å². The van der Waals surface area contributed by atoms with Crippen molar-refractivity contribution in [3.63, 3.8) is 0 Å². The van der Waals surface area contributed by atoms with Gasteiger partial charge >= 0.3 is 0 Å². The van der Waals surface area contributed by atoms with Crippen molar-refractivity contribution in [1.29, 1.82) is 0 Å². The molecule has 0 saturated carbocycles. The highest BCUT2D eigenvalue weighted by atomic mass is 32.1. The first-order valence-electron chi connectivity index (χ1n) is 5.57. The zero-order valence-corrected chi connectivity index (χ0v) is 10.9. The van der Waals surface area contributed by atoms with Gasteiger partial charge in [-0.3, -0.25) is 9.48 Å². The monoisotopic (exact) mass is 273 g/mol. The highest BCUT2D eigenvalue weighted by molar-refractivity contribution is 7.16. The number of carbonyl (C=O) groups excluding carboxylic acids is 1. The van der Waals surface area contributed by atoms with E-state index < -0.39 is 0 Å². The number of rotatable bonds is 2. The Morgan fingerprint density at radius 1 is 1.47 bits per heavy atom. The van der Waals surface area contributed by atoms with Crippen molar-refractivity contribution in [2.45, 2.75) is 0 Å². The number of aromatic nitrogens is 3. The number of benzene rings is 1. The van der Waals surface area contributed by atoms with Crippen LogP contribution < -0.4 is 11.1 Å². The van der Waals surface area contributed by atoms with E-state index in [1.807, 2.05) is 12.1 Å². The summed E-state index contributed by atoms with van der Waals surface area (Å²) in [4.78, 5) is 16.2. The Kier molecular flexibility index (Phi) is 2.68. The number of hydrogen-bond acceptors (Lipinski definition) is 5. The number of anilines is 2. The Morgan fingerprint density at radius 3 is 3.05 bits per heavy atom. The van der Waals surface area contributed by atoms with Crippen molar-refractivity contribution in [3.05, 3.63) is 35.6 Å². The van der Waals surface area contributed by atoms with Gasteiger partial charge in [0.05, 0.1) is 21.4 Å².